The number of aromatic nitrogens is 2. The second-order valence-corrected chi connectivity index (χ2v) is 7.42. The molecule has 0 aliphatic carbocycles. The van der Waals surface area contributed by atoms with E-state index in [1.54, 1.807) is 23.5 Å². The van der Waals surface area contributed by atoms with E-state index in [-0.39, 0.29) is 5.82 Å². The van der Waals surface area contributed by atoms with E-state index in [0.29, 0.717) is 11.6 Å². The number of rotatable bonds is 3. The number of hydrogen-bond acceptors (Lipinski definition) is 2. The molecule has 0 bridgehead atoms. The Hall–Kier alpha value is -2.17. The summed E-state index contributed by atoms with van der Waals surface area (Å²) in [7, 11) is 0. The fourth-order valence-corrected chi connectivity index (χ4v) is 3.76. The first kappa shape index (κ1) is 15.4. The Bertz CT molecular complexity index is 1020. The molecule has 0 amide bonds. The molecule has 120 valence electrons. The first-order chi connectivity index (χ1) is 11.6. The molecule has 24 heavy (non-hydrogen) atoms. The van der Waals surface area contributed by atoms with Crippen molar-refractivity contribution >= 4 is 34.0 Å². The predicted octanol–water partition coefficient (Wildman–Crippen LogP) is 5.91. The van der Waals surface area contributed by atoms with Crippen molar-refractivity contribution in [3.63, 3.8) is 0 Å². The fourth-order valence-electron chi connectivity index (χ4n) is 2.77. The molecule has 0 radical (unpaired) electrons. The van der Waals surface area contributed by atoms with Crippen LogP contribution in [0.4, 0.5) is 4.39 Å². The van der Waals surface area contributed by atoms with Crippen LogP contribution in [0.1, 0.15) is 10.4 Å². The summed E-state index contributed by atoms with van der Waals surface area (Å²) in [5, 5.41) is 0.703. The summed E-state index contributed by atoms with van der Waals surface area (Å²) in [6.45, 7) is 2.68. The average molecular weight is 357 g/mol. The van der Waals surface area contributed by atoms with Crippen molar-refractivity contribution in [2.75, 3.05) is 0 Å². The second-order valence-electron chi connectivity index (χ2n) is 5.69. The fraction of sp³-hybridized carbons (Fsp3) is 0.105. The summed E-state index contributed by atoms with van der Waals surface area (Å²) in [6, 6.07) is 16.6. The van der Waals surface area contributed by atoms with Crippen molar-refractivity contribution in [2.45, 2.75) is 13.5 Å². The monoisotopic (exact) mass is 356 g/mol. The standard InChI is InChI=1S/C19H14ClFN2S/c1-12-2-9-18(24-12)19-22-16-8-7-15(21)10-17(16)23(19)11-13-3-5-14(20)6-4-13/h2-10H,11H2,1H3. The van der Waals surface area contributed by atoms with Crippen LogP contribution in [0, 0.1) is 12.7 Å². The maximum atomic E-state index is 13.8. The number of benzene rings is 2. The normalized spacial score (nSPS) is 11.3. The Morgan fingerprint density at radius 2 is 1.88 bits per heavy atom. The van der Waals surface area contributed by atoms with Gasteiger partial charge in [-0.25, -0.2) is 9.37 Å². The van der Waals surface area contributed by atoms with Crippen LogP contribution in [0.5, 0.6) is 0 Å². The Morgan fingerprint density at radius 1 is 1.08 bits per heavy atom. The average Bonchev–Trinajstić information content (AvgIpc) is 3.14. The molecule has 2 aromatic heterocycles. The van der Waals surface area contributed by atoms with Crippen LogP contribution in [0.15, 0.2) is 54.6 Å². The number of fused-ring (bicyclic) bond motifs is 1. The summed E-state index contributed by atoms with van der Waals surface area (Å²) in [5.41, 5.74) is 2.69. The Morgan fingerprint density at radius 3 is 2.58 bits per heavy atom. The van der Waals surface area contributed by atoms with Crippen molar-refractivity contribution in [3.8, 4) is 10.7 Å². The predicted molar refractivity (Wildman–Crippen MR) is 98.3 cm³/mol. The van der Waals surface area contributed by atoms with Crippen molar-refractivity contribution in [3.05, 3.63) is 75.9 Å². The molecule has 2 nitrogen and oxygen atoms in total. The topological polar surface area (TPSA) is 17.8 Å². The number of imidazole rings is 1. The summed E-state index contributed by atoms with van der Waals surface area (Å²) < 4.78 is 15.8. The highest BCUT2D eigenvalue weighted by molar-refractivity contribution is 7.15. The van der Waals surface area contributed by atoms with Gasteiger partial charge in [-0.2, -0.15) is 0 Å². The van der Waals surface area contributed by atoms with Gasteiger partial charge in [0.2, 0.25) is 0 Å². The van der Waals surface area contributed by atoms with E-state index in [1.165, 1.54) is 10.9 Å². The molecule has 0 fully saturated rings. The number of hydrogen-bond donors (Lipinski definition) is 0. The highest BCUT2D eigenvalue weighted by Crippen LogP contribution is 2.31. The van der Waals surface area contributed by atoms with Gasteiger partial charge in [0.25, 0.3) is 0 Å². The summed E-state index contributed by atoms with van der Waals surface area (Å²) in [5.74, 6) is 0.609. The lowest BCUT2D eigenvalue weighted by Crippen LogP contribution is -2.01. The van der Waals surface area contributed by atoms with Gasteiger partial charge in [-0.15, -0.1) is 11.3 Å². The lowest BCUT2D eigenvalue weighted by atomic mass is 10.2. The van der Waals surface area contributed by atoms with Crippen LogP contribution < -0.4 is 0 Å². The minimum Gasteiger partial charge on any atom is -0.319 e. The molecule has 2 heterocycles. The number of aryl methyl sites for hydroxylation is 1. The molecule has 4 rings (SSSR count). The highest BCUT2D eigenvalue weighted by atomic mass is 35.5. The SMILES string of the molecule is Cc1ccc(-c2nc3ccc(F)cc3n2Cc2ccc(Cl)cc2)s1. The van der Waals surface area contributed by atoms with Crippen LogP contribution in [-0.4, -0.2) is 9.55 Å². The van der Waals surface area contributed by atoms with Gasteiger partial charge in [-0.3, -0.25) is 0 Å². The Balaban J connectivity index is 1.89. The summed E-state index contributed by atoms with van der Waals surface area (Å²) >= 11 is 7.66. The molecule has 0 saturated carbocycles. The van der Waals surface area contributed by atoms with Crippen molar-refractivity contribution < 1.29 is 4.39 Å². The molecule has 0 aliphatic heterocycles. The summed E-state index contributed by atoms with van der Waals surface area (Å²) in [4.78, 5) is 7.04. The number of nitrogens with zero attached hydrogens (tertiary/aromatic N) is 2. The van der Waals surface area contributed by atoms with Crippen LogP contribution in [-0.2, 0) is 6.54 Å². The third kappa shape index (κ3) is 2.83. The molecule has 0 unspecified atom stereocenters. The molecule has 5 heteroatoms. The number of halogens is 2. The van der Waals surface area contributed by atoms with Gasteiger partial charge in [-0.05, 0) is 55.0 Å². The highest BCUT2D eigenvalue weighted by Gasteiger charge is 2.15. The molecular formula is C19H14ClFN2S. The van der Waals surface area contributed by atoms with Crippen molar-refractivity contribution in [2.24, 2.45) is 0 Å². The van der Waals surface area contributed by atoms with E-state index in [1.807, 2.05) is 24.3 Å². The van der Waals surface area contributed by atoms with Crippen molar-refractivity contribution in [1.29, 1.82) is 0 Å². The van der Waals surface area contributed by atoms with Gasteiger partial charge in [0, 0.05) is 16.4 Å². The van der Waals surface area contributed by atoms with E-state index >= 15 is 0 Å². The first-order valence-electron chi connectivity index (χ1n) is 7.57. The van der Waals surface area contributed by atoms with Crippen LogP contribution in [0.3, 0.4) is 0 Å². The number of thiophene rings is 1. The van der Waals surface area contributed by atoms with Crippen LogP contribution >= 0.6 is 22.9 Å². The molecule has 0 N–H and O–H groups in total. The smallest absolute Gasteiger partial charge is 0.151 e. The minimum absolute atomic E-state index is 0.256. The molecule has 0 aliphatic rings. The largest absolute Gasteiger partial charge is 0.319 e. The lowest BCUT2D eigenvalue weighted by molar-refractivity contribution is 0.628. The zero-order valence-corrected chi connectivity index (χ0v) is 14.5. The third-order valence-electron chi connectivity index (χ3n) is 3.92. The molecule has 0 atom stereocenters. The summed E-state index contributed by atoms with van der Waals surface area (Å²) in [6.07, 6.45) is 0. The van der Waals surface area contributed by atoms with Gasteiger partial charge >= 0.3 is 0 Å². The third-order valence-corrected chi connectivity index (χ3v) is 5.17. The maximum Gasteiger partial charge on any atom is 0.151 e. The molecular weight excluding hydrogens is 343 g/mol. The van der Waals surface area contributed by atoms with E-state index in [0.717, 1.165) is 27.3 Å². The second kappa shape index (κ2) is 6.04. The van der Waals surface area contributed by atoms with Gasteiger partial charge in [0.1, 0.15) is 5.82 Å². The van der Waals surface area contributed by atoms with E-state index < -0.39 is 0 Å². The van der Waals surface area contributed by atoms with Crippen LogP contribution in [0.25, 0.3) is 21.7 Å². The molecule has 2 aromatic carbocycles. The Labute approximate surface area is 148 Å². The lowest BCUT2D eigenvalue weighted by Gasteiger charge is -2.09. The van der Waals surface area contributed by atoms with E-state index in [2.05, 4.69) is 23.6 Å². The van der Waals surface area contributed by atoms with Gasteiger partial charge < -0.3 is 4.57 Å². The van der Waals surface area contributed by atoms with Gasteiger partial charge in [-0.1, -0.05) is 23.7 Å². The Kier molecular flexibility index (Phi) is 3.87. The molecule has 0 spiro atoms. The van der Waals surface area contributed by atoms with Gasteiger partial charge in [0.15, 0.2) is 5.82 Å². The minimum atomic E-state index is -0.256. The van der Waals surface area contributed by atoms with Crippen molar-refractivity contribution in [1.82, 2.24) is 9.55 Å². The maximum absolute atomic E-state index is 13.8. The van der Waals surface area contributed by atoms with E-state index in [4.69, 9.17) is 16.6 Å². The van der Waals surface area contributed by atoms with E-state index in [9.17, 15) is 4.39 Å². The molecule has 4 aromatic rings. The van der Waals surface area contributed by atoms with Gasteiger partial charge in [0.05, 0.1) is 15.9 Å². The molecule has 0 saturated heterocycles. The zero-order valence-electron chi connectivity index (χ0n) is 13.0. The first-order valence-corrected chi connectivity index (χ1v) is 8.76. The van der Waals surface area contributed by atoms with Crippen LogP contribution in [0.2, 0.25) is 5.02 Å². The zero-order chi connectivity index (χ0) is 16.7. The quantitative estimate of drug-likeness (QED) is 0.446.